The summed E-state index contributed by atoms with van der Waals surface area (Å²) in [5.74, 6) is -0.0911. The minimum Gasteiger partial charge on any atom is -0.506 e. The van der Waals surface area contributed by atoms with Crippen LogP contribution in [0.25, 0.3) is 0 Å². The van der Waals surface area contributed by atoms with Gasteiger partial charge in [0.1, 0.15) is 11.9 Å². The molecule has 12 heavy (non-hydrogen) atoms. The quantitative estimate of drug-likeness (QED) is 0.693. The molecule has 0 aromatic heterocycles. The lowest BCUT2D eigenvalue weighted by atomic mass is 10.1. The monoisotopic (exact) mass is 184 g/mol. The molecule has 0 heterocycles. The van der Waals surface area contributed by atoms with Gasteiger partial charge < -0.3 is 10.2 Å². The number of hydrogen-bond donors (Lipinski definition) is 2. The van der Waals surface area contributed by atoms with Crippen LogP contribution in [0.4, 0.5) is 0 Å². The van der Waals surface area contributed by atoms with Gasteiger partial charge in [0.15, 0.2) is 0 Å². The average Bonchev–Trinajstić information content (AvgIpc) is 2.08. The van der Waals surface area contributed by atoms with Crippen LogP contribution in [-0.4, -0.2) is 10.2 Å². The minimum absolute atomic E-state index is 0.0911. The molecule has 1 rings (SSSR count). The van der Waals surface area contributed by atoms with Crippen LogP contribution in [0.2, 0.25) is 5.02 Å². The van der Waals surface area contributed by atoms with Crippen molar-refractivity contribution in [2.24, 2.45) is 0 Å². The number of para-hydroxylation sites is 1. The number of phenolic OH excluding ortho intramolecular Hbond substituents is 1. The maximum absolute atomic E-state index is 9.36. The third-order valence-electron chi connectivity index (χ3n) is 1.56. The van der Waals surface area contributed by atoms with Gasteiger partial charge in [0, 0.05) is 5.56 Å². The second-order valence-corrected chi connectivity index (χ2v) is 2.77. The molecule has 1 aromatic rings. The van der Waals surface area contributed by atoms with E-state index in [0.717, 1.165) is 0 Å². The highest BCUT2D eigenvalue weighted by atomic mass is 35.5. The fourth-order valence-corrected chi connectivity index (χ4v) is 1.08. The predicted octanol–water partition coefficient (Wildman–Crippen LogP) is 2.27. The summed E-state index contributed by atoms with van der Waals surface area (Å²) in [5, 5.41) is 18.9. The van der Waals surface area contributed by atoms with E-state index in [4.69, 9.17) is 11.6 Å². The topological polar surface area (TPSA) is 40.5 Å². The molecule has 0 saturated carbocycles. The van der Waals surface area contributed by atoms with Crippen LogP contribution >= 0.6 is 11.6 Å². The zero-order valence-electron chi connectivity index (χ0n) is 6.37. The lowest BCUT2D eigenvalue weighted by Gasteiger charge is -2.08. The van der Waals surface area contributed by atoms with Crippen LogP contribution in [0.15, 0.2) is 30.9 Å². The van der Waals surface area contributed by atoms with E-state index in [1.54, 1.807) is 18.2 Å². The molecular formula is C9H9ClO2. The lowest BCUT2D eigenvalue weighted by molar-refractivity contribution is 0.224. The number of rotatable bonds is 2. The molecule has 1 aromatic carbocycles. The SMILES string of the molecule is C=C[C@@H](O)c1cccc(Cl)c1O. The van der Waals surface area contributed by atoms with Gasteiger partial charge in [0.05, 0.1) is 5.02 Å². The second kappa shape index (κ2) is 3.61. The van der Waals surface area contributed by atoms with Gasteiger partial charge in [-0.2, -0.15) is 0 Å². The van der Waals surface area contributed by atoms with E-state index in [1.165, 1.54) is 6.08 Å². The standard InChI is InChI=1S/C9H9ClO2/c1-2-8(11)6-4-3-5-7(10)9(6)12/h2-5,8,11-12H,1H2/t8-/m1/s1. The highest BCUT2D eigenvalue weighted by Crippen LogP contribution is 2.31. The summed E-state index contributed by atoms with van der Waals surface area (Å²) in [5.41, 5.74) is 0.373. The summed E-state index contributed by atoms with van der Waals surface area (Å²) in [7, 11) is 0. The Morgan fingerprint density at radius 2 is 2.17 bits per heavy atom. The molecule has 0 aliphatic rings. The van der Waals surface area contributed by atoms with Crippen molar-refractivity contribution in [1.82, 2.24) is 0 Å². The average molecular weight is 185 g/mol. The van der Waals surface area contributed by atoms with Crippen molar-refractivity contribution in [3.05, 3.63) is 41.4 Å². The lowest BCUT2D eigenvalue weighted by Crippen LogP contribution is -1.92. The first-order chi connectivity index (χ1) is 5.66. The Labute approximate surface area is 75.7 Å². The van der Waals surface area contributed by atoms with Gasteiger partial charge >= 0.3 is 0 Å². The Morgan fingerprint density at radius 1 is 1.50 bits per heavy atom. The number of aromatic hydroxyl groups is 1. The van der Waals surface area contributed by atoms with Crippen molar-refractivity contribution in [1.29, 1.82) is 0 Å². The Balaban J connectivity index is 3.15. The molecule has 1 atom stereocenters. The number of phenols is 1. The highest BCUT2D eigenvalue weighted by molar-refractivity contribution is 6.32. The fraction of sp³-hybridized carbons (Fsp3) is 0.111. The largest absolute Gasteiger partial charge is 0.506 e. The minimum atomic E-state index is -0.872. The molecule has 3 heteroatoms. The van der Waals surface area contributed by atoms with Gasteiger partial charge in [-0.15, -0.1) is 6.58 Å². The van der Waals surface area contributed by atoms with Gasteiger partial charge in [-0.3, -0.25) is 0 Å². The Bertz CT molecular complexity index is 297. The maximum Gasteiger partial charge on any atom is 0.140 e. The second-order valence-electron chi connectivity index (χ2n) is 2.36. The zero-order chi connectivity index (χ0) is 9.14. The molecule has 0 unspecified atom stereocenters. The third kappa shape index (κ3) is 1.60. The van der Waals surface area contributed by atoms with Crippen molar-refractivity contribution < 1.29 is 10.2 Å². The smallest absolute Gasteiger partial charge is 0.140 e. The summed E-state index contributed by atoms with van der Waals surface area (Å²) in [6.07, 6.45) is 0.453. The van der Waals surface area contributed by atoms with Gasteiger partial charge in [0.2, 0.25) is 0 Å². The maximum atomic E-state index is 9.36. The number of aliphatic hydroxyl groups is 1. The Kier molecular flexibility index (Phi) is 2.74. The summed E-state index contributed by atoms with van der Waals surface area (Å²) in [6, 6.07) is 4.80. The van der Waals surface area contributed by atoms with Gasteiger partial charge in [-0.1, -0.05) is 29.8 Å². The third-order valence-corrected chi connectivity index (χ3v) is 1.86. The summed E-state index contributed by atoms with van der Waals surface area (Å²) in [4.78, 5) is 0. The van der Waals surface area contributed by atoms with Crippen molar-refractivity contribution >= 4 is 11.6 Å². The van der Waals surface area contributed by atoms with Crippen molar-refractivity contribution in [2.75, 3.05) is 0 Å². The molecule has 0 aliphatic heterocycles. The highest BCUT2D eigenvalue weighted by Gasteiger charge is 2.10. The van der Waals surface area contributed by atoms with Crippen molar-refractivity contribution in [2.45, 2.75) is 6.10 Å². The van der Waals surface area contributed by atoms with E-state index in [-0.39, 0.29) is 10.8 Å². The van der Waals surface area contributed by atoms with Crippen LogP contribution in [-0.2, 0) is 0 Å². The fourth-order valence-electron chi connectivity index (χ4n) is 0.898. The van der Waals surface area contributed by atoms with E-state index in [2.05, 4.69) is 6.58 Å². The molecule has 0 spiro atoms. The van der Waals surface area contributed by atoms with Crippen LogP contribution < -0.4 is 0 Å². The van der Waals surface area contributed by atoms with E-state index >= 15 is 0 Å². The van der Waals surface area contributed by atoms with Gasteiger partial charge in [0.25, 0.3) is 0 Å². The van der Waals surface area contributed by atoms with E-state index in [1.807, 2.05) is 0 Å². The first-order valence-corrected chi connectivity index (χ1v) is 3.82. The molecule has 0 aliphatic carbocycles. The van der Waals surface area contributed by atoms with Crippen LogP contribution in [0, 0.1) is 0 Å². The van der Waals surface area contributed by atoms with E-state index in [9.17, 15) is 10.2 Å². The first kappa shape index (κ1) is 9.10. The zero-order valence-corrected chi connectivity index (χ0v) is 7.12. The van der Waals surface area contributed by atoms with Crippen molar-refractivity contribution in [3.63, 3.8) is 0 Å². The van der Waals surface area contributed by atoms with Gasteiger partial charge in [-0.25, -0.2) is 0 Å². The van der Waals surface area contributed by atoms with Gasteiger partial charge in [-0.05, 0) is 6.07 Å². The number of aliphatic hydroxyl groups excluding tert-OH is 1. The van der Waals surface area contributed by atoms with Crippen LogP contribution in [0.5, 0.6) is 5.75 Å². The molecule has 2 N–H and O–H groups in total. The molecular weight excluding hydrogens is 176 g/mol. The summed E-state index contributed by atoms with van der Waals surface area (Å²) >= 11 is 5.62. The number of benzene rings is 1. The number of halogens is 1. The van der Waals surface area contributed by atoms with Crippen LogP contribution in [0.3, 0.4) is 0 Å². The molecule has 0 radical (unpaired) electrons. The normalized spacial score (nSPS) is 12.5. The summed E-state index contributed by atoms with van der Waals surface area (Å²) < 4.78 is 0. The van der Waals surface area contributed by atoms with Crippen LogP contribution in [0.1, 0.15) is 11.7 Å². The molecule has 0 saturated heterocycles. The van der Waals surface area contributed by atoms with Crippen molar-refractivity contribution in [3.8, 4) is 5.75 Å². The Morgan fingerprint density at radius 3 is 2.75 bits per heavy atom. The van der Waals surface area contributed by atoms with E-state index < -0.39 is 6.10 Å². The first-order valence-electron chi connectivity index (χ1n) is 3.45. The molecule has 0 fully saturated rings. The Hall–Kier alpha value is -0.990. The number of hydrogen-bond acceptors (Lipinski definition) is 2. The van der Waals surface area contributed by atoms with E-state index in [0.29, 0.717) is 5.56 Å². The predicted molar refractivity (Wildman–Crippen MR) is 48.3 cm³/mol. The summed E-state index contributed by atoms with van der Waals surface area (Å²) in [6.45, 7) is 3.40. The molecule has 0 amide bonds. The molecule has 2 nitrogen and oxygen atoms in total. The molecule has 64 valence electrons. The molecule has 0 bridgehead atoms.